The SMILES string of the molecule is CN(CCc1ccccn1)[C@@H]1[C@@H](O)[C@H](Oc2ccc(F)cc2)CC[C@H]1N. The summed E-state index contributed by atoms with van der Waals surface area (Å²) in [5.41, 5.74) is 7.30. The lowest BCUT2D eigenvalue weighted by molar-refractivity contribution is -0.0547. The van der Waals surface area contributed by atoms with Crippen molar-refractivity contribution in [2.24, 2.45) is 5.73 Å². The largest absolute Gasteiger partial charge is 0.488 e. The molecule has 0 radical (unpaired) electrons. The van der Waals surface area contributed by atoms with E-state index in [-0.39, 0.29) is 24.0 Å². The Morgan fingerprint density at radius 3 is 2.69 bits per heavy atom. The van der Waals surface area contributed by atoms with Gasteiger partial charge in [-0.25, -0.2) is 4.39 Å². The maximum Gasteiger partial charge on any atom is 0.126 e. The van der Waals surface area contributed by atoms with Crippen molar-refractivity contribution in [3.05, 3.63) is 60.2 Å². The van der Waals surface area contributed by atoms with E-state index < -0.39 is 6.10 Å². The Hall–Kier alpha value is -2.02. The minimum Gasteiger partial charge on any atom is -0.488 e. The van der Waals surface area contributed by atoms with Gasteiger partial charge in [-0.2, -0.15) is 0 Å². The minimum absolute atomic E-state index is 0.119. The molecule has 0 bridgehead atoms. The van der Waals surface area contributed by atoms with Gasteiger partial charge in [0.1, 0.15) is 23.8 Å². The van der Waals surface area contributed by atoms with Crippen LogP contribution in [0.4, 0.5) is 4.39 Å². The van der Waals surface area contributed by atoms with E-state index >= 15 is 0 Å². The molecule has 140 valence electrons. The standard InChI is InChI=1S/C20H26FN3O2/c1-24(13-11-15-4-2-3-12-23-15)19-17(22)9-10-18(20(19)25)26-16-7-5-14(21)6-8-16/h2-8,12,17-20,25H,9-11,13,22H2,1H3/t17-,18-,19+,20+/m1/s1. The van der Waals surface area contributed by atoms with Gasteiger partial charge in [0.05, 0.1) is 6.04 Å². The lowest BCUT2D eigenvalue weighted by Gasteiger charge is -2.43. The number of nitrogens with two attached hydrogens (primary N) is 1. The molecule has 3 N–H and O–H groups in total. The van der Waals surface area contributed by atoms with Crippen LogP contribution < -0.4 is 10.5 Å². The molecule has 2 aromatic rings. The van der Waals surface area contributed by atoms with E-state index in [0.717, 1.165) is 25.1 Å². The van der Waals surface area contributed by atoms with E-state index in [1.165, 1.54) is 12.1 Å². The summed E-state index contributed by atoms with van der Waals surface area (Å²) in [6.45, 7) is 0.746. The molecule has 3 rings (SSSR count). The number of rotatable bonds is 6. The summed E-state index contributed by atoms with van der Waals surface area (Å²) in [6, 6.07) is 11.4. The van der Waals surface area contributed by atoms with Crippen molar-refractivity contribution in [3.8, 4) is 5.75 Å². The molecule has 1 heterocycles. The van der Waals surface area contributed by atoms with Gasteiger partial charge in [-0.15, -0.1) is 0 Å². The molecule has 0 unspecified atom stereocenters. The molecule has 4 atom stereocenters. The van der Waals surface area contributed by atoms with Crippen LogP contribution in [0, 0.1) is 5.82 Å². The number of aromatic nitrogens is 1. The Kier molecular flexibility index (Phi) is 6.19. The number of likely N-dealkylation sites (N-methyl/N-ethyl adjacent to an activating group) is 1. The summed E-state index contributed by atoms with van der Waals surface area (Å²) in [6.07, 6.45) is 2.94. The summed E-state index contributed by atoms with van der Waals surface area (Å²) in [7, 11) is 1.97. The Bertz CT molecular complexity index is 683. The first-order valence-corrected chi connectivity index (χ1v) is 9.00. The number of pyridine rings is 1. The normalized spacial score (nSPS) is 26.0. The first-order valence-electron chi connectivity index (χ1n) is 9.00. The first kappa shape index (κ1) is 18.8. The van der Waals surface area contributed by atoms with Gasteiger partial charge in [-0.05, 0) is 56.3 Å². The highest BCUT2D eigenvalue weighted by atomic mass is 19.1. The molecule has 6 heteroatoms. The Morgan fingerprint density at radius 2 is 2.00 bits per heavy atom. The smallest absolute Gasteiger partial charge is 0.126 e. The van der Waals surface area contributed by atoms with Crippen LogP contribution in [0.5, 0.6) is 5.75 Å². The molecule has 0 saturated heterocycles. The average Bonchev–Trinajstić information content (AvgIpc) is 2.65. The zero-order chi connectivity index (χ0) is 18.5. The van der Waals surface area contributed by atoms with Gasteiger partial charge < -0.3 is 15.6 Å². The molecule has 1 aliphatic rings. The van der Waals surface area contributed by atoms with Gasteiger partial charge in [0.15, 0.2) is 0 Å². The van der Waals surface area contributed by atoms with E-state index in [4.69, 9.17) is 10.5 Å². The fraction of sp³-hybridized carbons (Fsp3) is 0.450. The van der Waals surface area contributed by atoms with Crippen LogP contribution in [0.15, 0.2) is 48.7 Å². The van der Waals surface area contributed by atoms with Gasteiger partial charge in [0.25, 0.3) is 0 Å². The van der Waals surface area contributed by atoms with Gasteiger partial charge in [-0.1, -0.05) is 6.07 Å². The number of aliphatic hydroxyl groups is 1. The molecule has 0 spiro atoms. The third-order valence-corrected chi connectivity index (χ3v) is 5.01. The number of nitrogens with zero attached hydrogens (tertiary/aromatic N) is 2. The number of hydrogen-bond donors (Lipinski definition) is 2. The molecule has 0 aliphatic heterocycles. The van der Waals surface area contributed by atoms with Gasteiger partial charge in [0, 0.05) is 30.9 Å². The summed E-state index contributed by atoms with van der Waals surface area (Å²) < 4.78 is 19.0. The van der Waals surface area contributed by atoms with E-state index in [2.05, 4.69) is 9.88 Å². The van der Waals surface area contributed by atoms with Gasteiger partial charge in [-0.3, -0.25) is 9.88 Å². The number of ether oxygens (including phenoxy) is 1. The van der Waals surface area contributed by atoms with Crippen LogP contribution in [-0.2, 0) is 6.42 Å². The molecule has 1 fully saturated rings. The second-order valence-corrected chi connectivity index (χ2v) is 6.88. The highest BCUT2D eigenvalue weighted by Crippen LogP contribution is 2.26. The van der Waals surface area contributed by atoms with Crippen molar-refractivity contribution < 1.29 is 14.2 Å². The predicted molar refractivity (Wildman–Crippen MR) is 98.4 cm³/mol. The second kappa shape index (κ2) is 8.58. The predicted octanol–water partition coefficient (Wildman–Crippen LogP) is 1.99. The number of benzene rings is 1. The van der Waals surface area contributed by atoms with Crippen LogP contribution >= 0.6 is 0 Å². The zero-order valence-corrected chi connectivity index (χ0v) is 15.0. The van der Waals surface area contributed by atoms with Gasteiger partial charge in [0.2, 0.25) is 0 Å². The van der Waals surface area contributed by atoms with Crippen molar-refractivity contribution in [2.45, 2.75) is 43.6 Å². The third-order valence-electron chi connectivity index (χ3n) is 5.01. The summed E-state index contributed by atoms with van der Waals surface area (Å²) >= 11 is 0. The lowest BCUT2D eigenvalue weighted by Crippen LogP contribution is -2.61. The summed E-state index contributed by atoms with van der Waals surface area (Å²) in [5.74, 6) is 0.247. The maximum atomic E-state index is 13.1. The fourth-order valence-corrected chi connectivity index (χ4v) is 3.56. The lowest BCUT2D eigenvalue weighted by atomic mass is 9.85. The van der Waals surface area contributed by atoms with E-state index in [1.807, 2.05) is 25.2 Å². The van der Waals surface area contributed by atoms with Crippen molar-refractivity contribution >= 4 is 0 Å². The van der Waals surface area contributed by atoms with E-state index in [1.54, 1.807) is 18.3 Å². The van der Waals surface area contributed by atoms with Crippen LogP contribution in [0.1, 0.15) is 18.5 Å². The Labute approximate surface area is 153 Å². The third kappa shape index (κ3) is 4.58. The maximum absolute atomic E-state index is 13.1. The first-order chi connectivity index (χ1) is 12.5. The molecule has 1 aliphatic carbocycles. The highest BCUT2D eigenvalue weighted by molar-refractivity contribution is 5.22. The van der Waals surface area contributed by atoms with Crippen LogP contribution in [0.3, 0.4) is 0 Å². The van der Waals surface area contributed by atoms with E-state index in [0.29, 0.717) is 12.2 Å². The van der Waals surface area contributed by atoms with Crippen LogP contribution in [-0.4, -0.2) is 52.9 Å². The Morgan fingerprint density at radius 1 is 1.23 bits per heavy atom. The second-order valence-electron chi connectivity index (χ2n) is 6.88. The molecular weight excluding hydrogens is 333 g/mol. The van der Waals surface area contributed by atoms with Crippen molar-refractivity contribution in [3.63, 3.8) is 0 Å². The fourth-order valence-electron chi connectivity index (χ4n) is 3.56. The van der Waals surface area contributed by atoms with Crippen LogP contribution in [0.25, 0.3) is 0 Å². The molecule has 1 aromatic carbocycles. The highest BCUT2D eigenvalue weighted by Gasteiger charge is 2.40. The molecule has 0 amide bonds. The van der Waals surface area contributed by atoms with Crippen molar-refractivity contribution in [1.29, 1.82) is 0 Å². The molecule has 1 aromatic heterocycles. The quantitative estimate of drug-likeness (QED) is 0.825. The van der Waals surface area contributed by atoms with Crippen LogP contribution in [0.2, 0.25) is 0 Å². The number of aliphatic hydroxyl groups excluding tert-OH is 1. The minimum atomic E-state index is -0.711. The summed E-state index contributed by atoms with van der Waals surface area (Å²) in [4.78, 5) is 6.42. The van der Waals surface area contributed by atoms with Crippen molar-refractivity contribution in [2.75, 3.05) is 13.6 Å². The topological polar surface area (TPSA) is 71.6 Å². The van der Waals surface area contributed by atoms with Gasteiger partial charge >= 0.3 is 0 Å². The monoisotopic (exact) mass is 359 g/mol. The number of halogens is 1. The average molecular weight is 359 g/mol. The van der Waals surface area contributed by atoms with Crippen molar-refractivity contribution in [1.82, 2.24) is 9.88 Å². The number of hydrogen-bond acceptors (Lipinski definition) is 5. The Balaban J connectivity index is 1.62. The molecular formula is C20H26FN3O2. The molecule has 26 heavy (non-hydrogen) atoms. The molecule has 1 saturated carbocycles. The summed E-state index contributed by atoms with van der Waals surface area (Å²) in [5, 5.41) is 10.8. The van der Waals surface area contributed by atoms with E-state index in [9.17, 15) is 9.50 Å². The zero-order valence-electron chi connectivity index (χ0n) is 15.0. The molecule has 5 nitrogen and oxygen atoms in total.